The van der Waals surface area contributed by atoms with Crippen LogP contribution < -0.4 is 15.2 Å². The molecule has 0 spiro atoms. The molecule has 20 heavy (non-hydrogen) atoms. The number of ether oxygens (including phenoxy) is 2. The minimum absolute atomic E-state index is 0.259. The van der Waals surface area contributed by atoms with Gasteiger partial charge in [0, 0.05) is 29.3 Å². The lowest BCUT2D eigenvalue weighted by Gasteiger charge is -2.38. The van der Waals surface area contributed by atoms with Crippen molar-refractivity contribution in [2.45, 2.75) is 46.1 Å². The fourth-order valence-electron chi connectivity index (χ4n) is 4.25. The van der Waals surface area contributed by atoms with Crippen LogP contribution in [0.5, 0.6) is 11.5 Å². The molecule has 0 saturated heterocycles. The van der Waals surface area contributed by atoms with E-state index < -0.39 is 0 Å². The Bertz CT molecular complexity index is 526. The highest BCUT2D eigenvalue weighted by molar-refractivity contribution is 5.50. The second kappa shape index (κ2) is 4.31. The largest absolute Gasteiger partial charge is 0.497 e. The number of nitrogen functional groups attached to an aromatic ring is 1. The Labute approximate surface area is 121 Å². The highest BCUT2D eigenvalue weighted by Gasteiger charge is 2.62. The molecule has 0 radical (unpaired) electrons. The zero-order chi connectivity index (χ0) is 14.5. The lowest BCUT2D eigenvalue weighted by molar-refractivity contribution is 0.0301. The molecule has 0 aliphatic heterocycles. The first-order valence-corrected chi connectivity index (χ1v) is 7.48. The maximum Gasteiger partial charge on any atom is 0.125 e. The Balaban J connectivity index is 1.85. The molecule has 2 N–H and O–H groups in total. The molecule has 110 valence electrons. The summed E-state index contributed by atoms with van der Waals surface area (Å²) in [6.07, 6.45) is 4.03. The molecule has 2 bridgehead atoms. The second-order valence-corrected chi connectivity index (χ2v) is 7.16. The molecule has 0 amide bonds. The Morgan fingerprint density at radius 2 is 1.85 bits per heavy atom. The summed E-state index contributed by atoms with van der Waals surface area (Å²) >= 11 is 0. The number of rotatable bonds is 3. The Hall–Kier alpha value is -1.38. The molecule has 2 aliphatic rings. The van der Waals surface area contributed by atoms with Gasteiger partial charge in [-0.3, -0.25) is 0 Å². The summed E-state index contributed by atoms with van der Waals surface area (Å²) < 4.78 is 11.6. The summed E-state index contributed by atoms with van der Waals surface area (Å²) in [6.45, 7) is 7.18. The Kier molecular flexibility index (Phi) is 2.93. The van der Waals surface area contributed by atoms with Crippen molar-refractivity contribution in [3.63, 3.8) is 0 Å². The number of nitrogens with two attached hydrogens (primary N) is 1. The van der Waals surface area contributed by atoms with Crippen molar-refractivity contribution in [1.82, 2.24) is 0 Å². The summed E-state index contributed by atoms with van der Waals surface area (Å²) in [5.41, 5.74) is 7.22. The van der Waals surface area contributed by atoms with E-state index in [1.54, 1.807) is 7.11 Å². The minimum atomic E-state index is 0.259. The second-order valence-electron chi connectivity index (χ2n) is 7.16. The molecule has 3 nitrogen and oxygen atoms in total. The fraction of sp³-hybridized carbons (Fsp3) is 0.647. The maximum absolute atomic E-state index is 6.31. The number of hydrogen-bond donors (Lipinski definition) is 1. The van der Waals surface area contributed by atoms with Gasteiger partial charge < -0.3 is 15.2 Å². The lowest BCUT2D eigenvalue weighted by atomic mass is 9.70. The highest BCUT2D eigenvalue weighted by atomic mass is 16.5. The fourth-order valence-corrected chi connectivity index (χ4v) is 4.25. The van der Waals surface area contributed by atoms with Crippen molar-refractivity contribution in [1.29, 1.82) is 0 Å². The van der Waals surface area contributed by atoms with E-state index in [4.69, 9.17) is 15.2 Å². The molecule has 0 aromatic heterocycles. The average Bonchev–Trinajstić information content (AvgIpc) is 2.71. The van der Waals surface area contributed by atoms with E-state index in [-0.39, 0.29) is 11.5 Å². The van der Waals surface area contributed by atoms with Gasteiger partial charge in [0.15, 0.2) is 0 Å². The molecule has 2 saturated carbocycles. The van der Waals surface area contributed by atoms with Crippen LogP contribution in [-0.4, -0.2) is 13.2 Å². The van der Waals surface area contributed by atoms with Crippen LogP contribution >= 0.6 is 0 Å². The molecule has 1 aromatic rings. The van der Waals surface area contributed by atoms with E-state index >= 15 is 0 Å². The van der Waals surface area contributed by atoms with Gasteiger partial charge in [0.25, 0.3) is 0 Å². The van der Waals surface area contributed by atoms with Gasteiger partial charge in [0.1, 0.15) is 17.6 Å². The van der Waals surface area contributed by atoms with Crippen LogP contribution in [0.4, 0.5) is 5.69 Å². The number of hydrogen-bond acceptors (Lipinski definition) is 3. The van der Waals surface area contributed by atoms with Crippen LogP contribution in [0.15, 0.2) is 18.2 Å². The number of anilines is 1. The zero-order valence-corrected chi connectivity index (χ0v) is 12.9. The van der Waals surface area contributed by atoms with Gasteiger partial charge in [-0.15, -0.1) is 0 Å². The third-order valence-electron chi connectivity index (χ3n) is 6.13. The monoisotopic (exact) mass is 275 g/mol. The molecule has 0 heterocycles. The number of fused-ring (bicyclic) bond motifs is 2. The molecular formula is C17H25NO2. The van der Waals surface area contributed by atoms with Gasteiger partial charge in [0.05, 0.1) is 7.11 Å². The molecule has 2 fully saturated rings. The van der Waals surface area contributed by atoms with Crippen LogP contribution in [0.25, 0.3) is 0 Å². The SMILES string of the molecule is COc1cc(N)cc(OC2CC3CCC2(C)C3(C)C)c1. The van der Waals surface area contributed by atoms with E-state index in [1.807, 2.05) is 18.2 Å². The zero-order valence-electron chi connectivity index (χ0n) is 12.9. The molecule has 3 unspecified atom stereocenters. The highest BCUT2D eigenvalue weighted by Crippen LogP contribution is 2.66. The minimum Gasteiger partial charge on any atom is -0.497 e. The third kappa shape index (κ3) is 1.79. The van der Waals surface area contributed by atoms with Crippen molar-refractivity contribution in [2.24, 2.45) is 16.7 Å². The molecule has 3 heteroatoms. The Morgan fingerprint density at radius 1 is 1.15 bits per heavy atom. The Morgan fingerprint density at radius 3 is 2.40 bits per heavy atom. The summed E-state index contributed by atoms with van der Waals surface area (Å²) in [5, 5.41) is 0. The average molecular weight is 275 g/mol. The molecule has 3 rings (SSSR count). The van der Waals surface area contributed by atoms with Gasteiger partial charge in [-0.1, -0.05) is 20.8 Å². The van der Waals surface area contributed by atoms with Gasteiger partial charge >= 0.3 is 0 Å². The van der Waals surface area contributed by atoms with Crippen LogP contribution in [0, 0.1) is 16.7 Å². The molecule has 3 atom stereocenters. The standard InChI is InChI=1S/C17H25NO2/c1-16(2)11-5-6-17(16,3)15(7-11)20-14-9-12(18)8-13(10-14)19-4/h8-11,15H,5-7,18H2,1-4H3. The van der Waals surface area contributed by atoms with E-state index in [1.165, 1.54) is 12.8 Å². The smallest absolute Gasteiger partial charge is 0.125 e. The van der Waals surface area contributed by atoms with E-state index in [0.29, 0.717) is 11.1 Å². The summed E-state index contributed by atoms with van der Waals surface area (Å²) in [4.78, 5) is 0. The predicted molar refractivity (Wildman–Crippen MR) is 81.1 cm³/mol. The summed E-state index contributed by atoms with van der Waals surface area (Å²) in [7, 11) is 1.65. The first-order chi connectivity index (χ1) is 9.36. The van der Waals surface area contributed by atoms with Crippen LogP contribution in [0.3, 0.4) is 0 Å². The van der Waals surface area contributed by atoms with Gasteiger partial charge in [0.2, 0.25) is 0 Å². The van der Waals surface area contributed by atoms with Gasteiger partial charge in [-0.05, 0) is 30.6 Å². The predicted octanol–water partition coefficient (Wildman–Crippen LogP) is 3.87. The number of benzene rings is 1. The van der Waals surface area contributed by atoms with E-state index in [0.717, 1.165) is 23.8 Å². The normalized spacial score (nSPS) is 34.2. The summed E-state index contributed by atoms with van der Waals surface area (Å²) in [5.74, 6) is 2.37. The van der Waals surface area contributed by atoms with E-state index in [9.17, 15) is 0 Å². The van der Waals surface area contributed by atoms with Crippen molar-refractivity contribution < 1.29 is 9.47 Å². The van der Waals surface area contributed by atoms with Gasteiger partial charge in [-0.25, -0.2) is 0 Å². The van der Waals surface area contributed by atoms with Crippen LogP contribution in [0.2, 0.25) is 0 Å². The van der Waals surface area contributed by atoms with Crippen molar-refractivity contribution in [3.8, 4) is 11.5 Å². The summed E-state index contributed by atoms with van der Waals surface area (Å²) in [6, 6.07) is 5.64. The lowest BCUT2D eigenvalue weighted by Crippen LogP contribution is -2.38. The third-order valence-corrected chi connectivity index (χ3v) is 6.13. The quantitative estimate of drug-likeness (QED) is 0.852. The van der Waals surface area contributed by atoms with Crippen molar-refractivity contribution in [3.05, 3.63) is 18.2 Å². The molecular weight excluding hydrogens is 250 g/mol. The van der Waals surface area contributed by atoms with Crippen LogP contribution in [-0.2, 0) is 0 Å². The molecule has 1 aromatic carbocycles. The number of methoxy groups -OCH3 is 1. The first-order valence-electron chi connectivity index (χ1n) is 7.48. The first kappa shape index (κ1) is 13.6. The van der Waals surface area contributed by atoms with Crippen molar-refractivity contribution in [2.75, 3.05) is 12.8 Å². The topological polar surface area (TPSA) is 44.5 Å². The van der Waals surface area contributed by atoms with E-state index in [2.05, 4.69) is 20.8 Å². The maximum atomic E-state index is 6.31. The van der Waals surface area contributed by atoms with Gasteiger partial charge in [-0.2, -0.15) is 0 Å². The van der Waals surface area contributed by atoms with Crippen LogP contribution in [0.1, 0.15) is 40.0 Å². The molecule has 2 aliphatic carbocycles. The van der Waals surface area contributed by atoms with Crippen molar-refractivity contribution >= 4 is 5.69 Å².